The lowest BCUT2D eigenvalue weighted by atomic mass is 9.92. The third-order valence-corrected chi connectivity index (χ3v) is 4.38. The quantitative estimate of drug-likeness (QED) is 0.835. The van der Waals surface area contributed by atoms with Crippen LogP contribution in [-0.2, 0) is 0 Å². The summed E-state index contributed by atoms with van der Waals surface area (Å²) in [5.41, 5.74) is 6.54. The van der Waals surface area contributed by atoms with Gasteiger partial charge in [-0.1, -0.05) is 13.8 Å². The zero-order valence-electron chi connectivity index (χ0n) is 10.7. The number of hydrogen-bond acceptors (Lipinski definition) is 3. The molecule has 1 aliphatic rings. The van der Waals surface area contributed by atoms with Crippen molar-refractivity contribution in [3.8, 4) is 0 Å². The molecule has 1 aromatic rings. The topological polar surface area (TPSA) is 46.3 Å². The minimum absolute atomic E-state index is 0.146. The normalized spacial score (nSPS) is 25.0. The van der Waals surface area contributed by atoms with Gasteiger partial charge in [-0.05, 0) is 31.2 Å². The summed E-state index contributed by atoms with van der Waals surface area (Å²) in [6.45, 7) is 8.13. The van der Waals surface area contributed by atoms with Gasteiger partial charge in [0.25, 0.3) is 5.91 Å². The number of nitrogens with two attached hydrogens (primary N) is 1. The molecule has 2 atom stereocenters. The zero-order valence-corrected chi connectivity index (χ0v) is 11.5. The molecule has 0 bridgehead atoms. The van der Waals surface area contributed by atoms with Crippen molar-refractivity contribution in [3.63, 3.8) is 0 Å². The summed E-state index contributed by atoms with van der Waals surface area (Å²) in [4.78, 5) is 16.1. The highest BCUT2D eigenvalue weighted by atomic mass is 32.1. The van der Waals surface area contributed by atoms with Crippen molar-refractivity contribution < 1.29 is 4.79 Å². The standard InChI is InChI=1S/C13H20N2OS/c1-8-4-9(2)7-15(6-8)13(16)12-5-11(14)10(3)17-12/h5,8-9H,4,6-7,14H2,1-3H3. The van der Waals surface area contributed by atoms with E-state index in [4.69, 9.17) is 5.73 Å². The van der Waals surface area contributed by atoms with Gasteiger partial charge < -0.3 is 10.6 Å². The van der Waals surface area contributed by atoms with Crippen LogP contribution in [0.1, 0.15) is 34.8 Å². The second-order valence-electron chi connectivity index (χ2n) is 5.28. The molecule has 3 nitrogen and oxygen atoms in total. The van der Waals surface area contributed by atoms with Crippen molar-refractivity contribution in [1.29, 1.82) is 0 Å². The molecular formula is C13H20N2OS. The predicted molar refractivity (Wildman–Crippen MR) is 72.3 cm³/mol. The van der Waals surface area contributed by atoms with Gasteiger partial charge in [0.1, 0.15) is 0 Å². The zero-order chi connectivity index (χ0) is 12.6. The van der Waals surface area contributed by atoms with Gasteiger partial charge in [-0.2, -0.15) is 0 Å². The first-order valence-corrected chi connectivity index (χ1v) is 6.94. The number of nitrogens with zero attached hydrogens (tertiary/aromatic N) is 1. The first-order valence-electron chi connectivity index (χ1n) is 6.12. The second kappa shape index (κ2) is 4.69. The number of likely N-dealkylation sites (tertiary alicyclic amines) is 1. The van der Waals surface area contributed by atoms with Crippen LogP contribution in [0.25, 0.3) is 0 Å². The first kappa shape index (κ1) is 12.4. The number of hydrogen-bond donors (Lipinski definition) is 1. The summed E-state index contributed by atoms with van der Waals surface area (Å²) < 4.78 is 0. The molecule has 1 fully saturated rings. The van der Waals surface area contributed by atoms with Crippen molar-refractivity contribution in [2.75, 3.05) is 18.8 Å². The van der Waals surface area contributed by atoms with E-state index < -0.39 is 0 Å². The van der Waals surface area contributed by atoms with Crippen molar-refractivity contribution in [3.05, 3.63) is 15.8 Å². The first-order chi connectivity index (χ1) is 7.97. The number of carbonyl (C=O) groups excluding carboxylic acids is 1. The number of piperidine rings is 1. The summed E-state index contributed by atoms with van der Waals surface area (Å²) in [7, 11) is 0. The van der Waals surface area contributed by atoms with Crippen LogP contribution in [0.5, 0.6) is 0 Å². The van der Waals surface area contributed by atoms with E-state index >= 15 is 0 Å². The van der Waals surface area contributed by atoms with Gasteiger partial charge in [-0.15, -0.1) is 11.3 Å². The van der Waals surface area contributed by atoms with Crippen LogP contribution in [0.15, 0.2) is 6.07 Å². The highest BCUT2D eigenvalue weighted by molar-refractivity contribution is 7.14. The van der Waals surface area contributed by atoms with Crippen LogP contribution < -0.4 is 5.73 Å². The van der Waals surface area contributed by atoms with Gasteiger partial charge in [-0.25, -0.2) is 0 Å². The number of anilines is 1. The summed E-state index contributed by atoms with van der Waals surface area (Å²) in [5.74, 6) is 1.34. The predicted octanol–water partition coefficient (Wildman–Crippen LogP) is 2.76. The van der Waals surface area contributed by atoms with Gasteiger partial charge in [0.2, 0.25) is 0 Å². The minimum Gasteiger partial charge on any atom is -0.398 e. The Kier molecular flexibility index (Phi) is 3.43. The molecule has 2 N–H and O–H groups in total. The average molecular weight is 252 g/mol. The number of rotatable bonds is 1. The Labute approximate surface area is 107 Å². The maximum absolute atomic E-state index is 12.3. The molecule has 94 valence electrons. The van der Waals surface area contributed by atoms with E-state index in [1.807, 2.05) is 17.9 Å². The highest BCUT2D eigenvalue weighted by Crippen LogP contribution is 2.27. The Bertz CT molecular complexity index is 398. The Morgan fingerprint density at radius 1 is 1.41 bits per heavy atom. The minimum atomic E-state index is 0.146. The largest absolute Gasteiger partial charge is 0.398 e. The molecule has 0 saturated carbocycles. The lowest BCUT2D eigenvalue weighted by molar-refractivity contribution is 0.0628. The van der Waals surface area contributed by atoms with E-state index in [2.05, 4.69) is 13.8 Å². The number of thiophene rings is 1. The number of aryl methyl sites for hydroxylation is 1. The van der Waals surface area contributed by atoms with Gasteiger partial charge in [-0.3, -0.25) is 4.79 Å². The van der Waals surface area contributed by atoms with Crippen LogP contribution in [0, 0.1) is 18.8 Å². The van der Waals surface area contributed by atoms with Gasteiger partial charge in [0.05, 0.1) is 4.88 Å². The summed E-state index contributed by atoms with van der Waals surface area (Å²) in [5, 5.41) is 0. The molecule has 1 aliphatic heterocycles. The highest BCUT2D eigenvalue weighted by Gasteiger charge is 2.27. The Morgan fingerprint density at radius 2 is 2.00 bits per heavy atom. The second-order valence-corrected chi connectivity index (χ2v) is 6.53. The third kappa shape index (κ3) is 2.63. The van der Waals surface area contributed by atoms with Crippen LogP contribution in [0.2, 0.25) is 0 Å². The maximum Gasteiger partial charge on any atom is 0.264 e. The molecule has 0 spiro atoms. The molecule has 1 saturated heterocycles. The molecule has 4 heteroatoms. The molecule has 0 aliphatic carbocycles. The number of amides is 1. The Hall–Kier alpha value is -1.03. The van der Waals surface area contributed by atoms with Crippen molar-refractivity contribution >= 4 is 22.9 Å². The van der Waals surface area contributed by atoms with Crippen LogP contribution in [-0.4, -0.2) is 23.9 Å². The number of carbonyl (C=O) groups is 1. The molecule has 0 radical (unpaired) electrons. The summed E-state index contributed by atoms with van der Waals surface area (Å²) in [6, 6.07) is 1.81. The monoisotopic (exact) mass is 252 g/mol. The van der Waals surface area contributed by atoms with E-state index in [-0.39, 0.29) is 5.91 Å². The van der Waals surface area contributed by atoms with Gasteiger partial charge in [0, 0.05) is 23.7 Å². The van der Waals surface area contributed by atoms with E-state index in [1.54, 1.807) is 0 Å². The van der Waals surface area contributed by atoms with Crippen LogP contribution >= 0.6 is 11.3 Å². The maximum atomic E-state index is 12.3. The Balaban J connectivity index is 2.14. The Morgan fingerprint density at radius 3 is 2.47 bits per heavy atom. The molecule has 2 heterocycles. The molecule has 1 aromatic heterocycles. The van der Waals surface area contributed by atoms with Crippen LogP contribution in [0.4, 0.5) is 5.69 Å². The fourth-order valence-electron chi connectivity index (χ4n) is 2.59. The van der Waals surface area contributed by atoms with Crippen LogP contribution in [0.3, 0.4) is 0 Å². The van der Waals surface area contributed by atoms with E-state index in [0.717, 1.165) is 28.5 Å². The molecule has 2 rings (SSSR count). The smallest absolute Gasteiger partial charge is 0.264 e. The average Bonchev–Trinajstić information content (AvgIpc) is 2.57. The van der Waals surface area contributed by atoms with Crippen molar-refractivity contribution in [2.45, 2.75) is 27.2 Å². The van der Waals surface area contributed by atoms with Gasteiger partial charge in [0.15, 0.2) is 0 Å². The van der Waals surface area contributed by atoms with E-state index in [9.17, 15) is 4.79 Å². The molecule has 17 heavy (non-hydrogen) atoms. The third-order valence-electron chi connectivity index (χ3n) is 3.32. The molecule has 2 unspecified atom stereocenters. The fraction of sp³-hybridized carbons (Fsp3) is 0.615. The number of nitrogen functional groups attached to an aromatic ring is 1. The SMILES string of the molecule is Cc1sc(C(=O)N2CC(C)CC(C)C2)cc1N. The fourth-order valence-corrected chi connectivity index (χ4v) is 3.50. The lowest BCUT2D eigenvalue weighted by Crippen LogP contribution is -2.42. The lowest BCUT2D eigenvalue weighted by Gasteiger charge is -2.34. The molecule has 0 aromatic carbocycles. The molecular weight excluding hydrogens is 232 g/mol. The van der Waals surface area contributed by atoms with Crippen molar-refractivity contribution in [1.82, 2.24) is 4.90 Å². The summed E-state index contributed by atoms with van der Waals surface area (Å²) in [6.07, 6.45) is 1.22. The van der Waals surface area contributed by atoms with E-state index in [0.29, 0.717) is 11.8 Å². The van der Waals surface area contributed by atoms with Gasteiger partial charge >= 0.3 is 0 Å². The summed E-state index contributed by atoms with van der Waals surface area (Å²) >= 11 is 1.50. The van der Waals surface area contributed by atoms with Crippen molar-refractivity contribution in [2.24, 2.45) is 11.8 Å². The van der Waals surface area contributed by atoms with E-state index in [1.165, 1.54) is 17.8 Å². The molecule has 1 amide bonds.